The van der Waals surface area contributed by atoms with Crippen molar-refractivity contribution in [2.24, 2.45) is 11.3 Å². The lowest BCUT2D eigenvalue weighted by molar-refractivity contribution is -0.0286. The van der Waals surface area contributed by atoms with Crippen LogP contribution in [0.2, 0.25) is 0 Å². The van der Waals surface area contributed by atoms with E-state index in [2.05, 4.69) is 34.1 Å². The highest BCUT2D eigenvalue weighted by atomic mass is 16.3. The van der Waals surface area contributed by atoms with Gasteiger partial charge in [-0.1, -0.05) is 19.1 Å². The molecular formula is C12H18N6O. The molecule has 0 saturated heterocycles. The van der Waals surface area contributed by atoms with E-state index in [1.165, 1.54) is 6.33 Å². The van der Waals surface area contributed by atoms with Crippen LogP contribution in [0.25, 0.3) is 11.2 Å². The third-order valence-electron chi connectivity index (χ3n) is 4.48. The SMILES string of the molecule is CC1(C)[C@@H](CCO)C[C@H]1n1nnc2c(N)ncnc21. The van der Waals surface area contributed by atoms with Gasteiger partial charge in [0.2, 0.25) is 0 Å². The molecular weight excluding hydrogens is 244 g/mol. The molecule has 0 unspecified atom stereocenters. The van der Waals surface area contributed by atoms with Gasteiger partial charge in [0.1, 0.15) is 6.33 Å². The number of rotatable bonds is 3. The first kappa shape index (κ1) is 12.3. The van der Waals surface area contributed by atoms with E-state index < -0.39 is 0 Å². The summed E-state index contributed by atoms with van der Waals surface area (Å²) < 4.78 is 1.85. The molecule has 7 nitrogen and oxygen atoms in total. The molecule has 7 heteroatoms. The molecule has 1 aliphatic carbocycles. The molecule has 3 rings (SSSR count). The van der Waals surface area contributed by atoms with Crippen LogP contribution >= 0.6 is 0 Å². The van der Waals surface area contributed by atoms with Crippen LogP contribution in [0.4, 0.5) is 5.82 Å². The maximum absolute atomic E-state index is 9.09. The molecule has 0 aliphatic heterocycles. The molecule has 1 saturated carbocycles. The topological polar surface area (TPSA) is 103 Å². The highest BCUT2D eigenvalue weighted by Crippen LogP contribution is 2.55. The van der Waals surface area contributed by atoms with Gasteiger partial charge in [-0.05, 0) is 24.2 Å². The number of hydrogen-bond donors (Lipinski definition) is 2. The van der Waals surface area contributed by atoms with E-state index in [4.69, 9.17) is 10.8 Å². The van der Waals surface area contributed by atoms with Crippen molar-refractivity contribution in [2.75, 3.05) is 12.3 Å². The van der Waals surface area contributed by atoms with Crippen molar-refractivity contribution in [3.8, 4) is 0 Å². The fourth-order valence-electron chi connectivity index (χ4n) is 3.04. The second-order valence-corrected chi connectivity index (χ2v) is 5.75. The van der Waals surface area contributed by atoms with Gasteiger partial charge in [-0.25, -0.2) is 14.6 Å². The quantitative estimate of drug-likeness (QED) is 0.847. The van der Waals surface area contributed by atoms with Gasteiger partial charge in [0.25, 0.3) is 0 Å². The molecule has 19 heavy (non-hydrogen) atoms. The molecule has 0 radical (unpaired) electrons. The highest BCUT2D eigenvalue weighted by Gasteiger charge is 2.49. The van der Waals surface area contributed by atoms with Gasteiger partial charge in [0.05, 0.1) is 6.04 Å². The monoisotopic (exact) mass is 262 g/mol. The fourth-order valence-corrected chi connectivity index (χ4v) is 3.04. The van der Waals surface area contributed by atoms with Gasteiger partial charge < -0.3 is 10.8 Å². The van der Waals surface area contributed by atoms with Crippen molar-refractivity contribution in [2.45, 2.75) is 32.7 Å². The zero-order valence-corrected chi connectivity index (χ0v) is 11.1. The second-order valence-electron chi connectivity index (χ2n) is 5.75. The van der Waals surface area contributed by atoms with Gasteiger partial charge in [0.15, 0.2) is 17.0 Å². The summed E-state index contributed by atoms with van der Waals surface area (Å²) in [5, 5.41) is 17.3. The Balaban J connectivity index is 1.97. The van der Waals surface area contributed by atoms with Crippen LogP contribution in [0.15, 0.2) is 6.33 Å². The Labute approximate surface area is 110 Å². The van der Waals surface area contributed by atoms with Gasteiger partial charge in [0, 0.05) is 6.61 Å². The van der Waals surface area contributed by atoms with Gasteiger partial charge >= 0.3 is 0 Å². The summed E-state index contributed by atoms with van der Waals surface area (Å²) in [5.74, 6) is 0.862. The number of nitrogens with two attached hydrogens (primary N) is 1. The molecule has 102 valence electrons. The smallest absolute Gasteiger partial charge is 0.184 e. The van der Waals surface area contributed by atoms with Crippen molar-refractivity contribution in [1.29, 1.82) is 0 Å². The summed E-state index contributed by atoms with van der Waals surface area (Å²) in [6.07, 6.45) is 3.25. The molecule has 0 spiro atoms. The summed E-state index contributed by atoms with van der Waals surface area (Å²) >= 11 is 0. The van der Waals surface area contributed by atoms with Gasteiger partial charge in [-0.3, -0.25) is 0 Å². The predicted molar refractivity (Wildman–Crippen MR) is 70.2 cm³/mol. The van der Waals surface area contributed by atoms with Crippen molar-refractivity contribution in [3.05, 3.63) is 6.33 Å². The maximum atomic E-state index is 9.09. The fraction of sp³-hybridized carbons (Fsp3) is 0.667. The molecule has 2 atom stereocenters. The molecule has 0 bridgehead atoms. The van der Waals surface area contributed by atoms with E-state index in [1.807, 2.05) is 4.68 Å². The number of aliphatic hydroxyl groups is 1. The highest BCUT2D eigenvalue weighted by molar-refractivity contribution is 5.80. The zero-order chi connectivity index (χ0) is 13.6. The van der Waals surface area contributed by atoms with Crippen molar-refractivity contribution >= 4 is 17.0 Å². The summed E-state index contributed by atoms with van der Waals surface area (Å²) in [7, 11) is 0. The lowest BCUT2D eigenvalue weighted by Crippen LogP contribution is -2.46. The van der Waals surface area contributed by atoms with E-state index in [-0.39, 0.29) is 18.1 Å². The number of aromatic nitrogens is 5. The second kappa shape index (κ2) is 4.12. The van der Waals surface area contributed by atoms with Crippen LogP contribution in [-0.2, 0) is 0 Å². The minimum absolute atomic E-state index is 0.0725. The molecule has 3 N–H and O–H groups in total. The maximum Gasteiger partial charge on any atom is 0.184 e. The van der Waals surface area contributed by atoms with Crippen LogP contribution in [-0.4, -0.2) is 36.7 Å². The van der Waals surface area contributed by atoms with E-state index in [1.54, 1.807) is 0 Å². The van der Waals surface area contributed by atoms with E-state index in [0.29, 0.717) is 22.9 Å². The van der Waals surface area contributed by atoms with E-state index in [0.717, 1.165) is 12.8 Å². The summed E-state index contributed by atoms with van der Waals surface area (Å²) in [6.45, 7) is 4.62. The number of fused-ring (bicyclic) bond motifs is 1. The average molecular weight is 262 g/mol. The largest absolute Gasteiger partial charge is 0.396 e. The van der Waals surface area contributed by atoms with Crippen LogP contribution in [0.5, 0.6) is 0 Å². The van der Waals surface area contributed by atoms with Crippen molar-refractivity contribution < 1.29 is 5.11 Å². The zero-order valence-electron chi connectivity index (χ0n) is 11.1. The Morgan fingerprint density at radius 1 is 1.47 bits per heavy atom. The first-order chi connectivity index (χ1) is 9.05. The Hall–Kier alpha value is -1.76. The molecule has 2 heterocycles. The molecule has 1 fully saturated rings. The van der Waals surface area contributed by atoms with Gasteiger partial charge in [-0.2, -0.15) is 0 Å². The third-order valence-corrected chi connectivity index (χ3v) is 4.48. The lowest BCUT2D eigenvalue weighted by Gasteiger charge is -2.51. The third kappa shape index (κ3) is 1.68. The lowest BCUT2D eigenvalue weighted by atomic mass is 9.57. The number of hydrogen-bond acceptors (Lipinski definition) is 6. The summed E-state index contributed by atoms with van der Waals surface area (Å²) in [4.78, 5) is 8.16. The number of nitrogen functional groups attached to an aromatic ring is 1. The van der Waals surface area contributed by atoms with Crippen LogP contribution in [0.1, 0.15) is 32.7 Å². The Morgan fingerprint density at radius 3 is 2.95 bits per heavy atom. The molecule has 2 aromatic heterocycles. The standard InChI is InChI=1S/C12H18N6O/c1-12(2)7(3-4-19)5-8(12)18-11-9(16-17-18)10(13)14-6-15-11/h6-8,19H,3-5H2,1-2H3,(H2,13,14,15)/t7-,8+/m0/s1. The first-order valence-electron chi connectivity index (χ1n) is 6.48. The van der Waals surface area contributed by atoms with Crippen LogP contribution in [0.3, 0.4) is 0 Å². The molecule has 1 aliphatic rings. The number of anilines is 1. The molecule has 2 aromatic rings. The number of aliphatic hydroxyl groups excluding tert-OH is 1. The summed E-state index contributed by atoms with van der Waals surface area (Å²) in [5.41, 5.74) is 7.09. The van der Waals surface area contributed by atoms with E-state index in [9.17, 15) is 0 Å². The van der Waals surface area contributed by atoms with Crippen LogP contribution in [0, 0.1) is 11.3 Å². The number of nitrogens with zero attached hydrogens (tertiary/aromatic N) is 5. The molecule has 0 amide bonds. The average Bonchev–Trinajstić information content (AvgIpc) is 2.79. The predicted octanol–water partition coefficient (Wildman–Crippen LogP) is 0.773. The molecule has 0 aromatic carbocycles. The van der Waals surface area contributed by atoms with Crippen molar-refractivity contribution in [3.63, 3.8) is 0 Å². The Morgan fingerprint density at radius 2 is 2.26 bits per heavy atom. The van der Waals surface area contributed by atoms with Crippen LogP contribution < -0.4 is 5.73 Å². The Kier molecular flexibility index (Phi) is 2.67. The van der Waals surface area contributed by atoms with Crippen molar-refractivity contribution in [1.82, 2.24) is 25.0 Å². The Bertz CT molecular complexity index is 607. The minimum Gasteiger partial charge on any atom is -0.396 e. The van der Waals surface area contributed by atoms with Gasteiger partial charge in [-0.15, -0.1) is 5.10 Å². The van der Waals surface area contributed by atoms with E-state index >= 15 is 0 Å². The minimum atomic E-state index is 0.0725. The summed E-state index contributed by atoms with van der Waals surface area (Å²) in [6, 6.07) is 0.239. The first-order valence-corrected chi connectivity index (χ1v) is 6.48. The normalized spacial score (nSPS) is 25.4.